The van der Waals surface area contributed by atoms with E-state index < -0.39 is 0 Å². The molecule has 0 saturated heterocycles. The van der Waals surface area contributed by atoms with Crippen molar-refractivity contribution in [1.82, 2.24) is 15.0 Å². The van der Waals surface area contributed by atoms with Crippen LogP contribution in [0.15, 0.2) is 30.5 Å². The van der Waals surface area contributed by atoms with Gasteiger partial charge in [-0.1, -0.05) is 38.1 Å². The van der Waals surface area contributed by atoms with E-state index >= 15 is 0 Å². The second kappa shape index (κ2) is 6.05. The highest BCUT2D eigenvalue weighted by Gasteiger charge is 2.12. The summed E-state index contributed by atoms with van der Waals surface area (Å²) in [5.74, 6) is 0.837. The molecule has 0 aliphatic rings. The molecule has 1 N–H and O–H groups in total. The molecule has 1 heterocycles. The zero-order chi connectivity index (χ0) is 14.6. The van der Waals surface area contributed by atoms with Crippen molar-refractivity contribution in [3.8, 4) is 5.75 Å². The lowest BCUT2D eigenvalue weighted by atomic mass is 9.87. The Morgan fingerprint density at radius 3 is 2.50 bits per heavy atom. The van der Waals surface area contributed by atoms with E-state index in [1.165, 1.54) is 5.56 Å². The minimum atomic E-state index is -0.0622. The number of aliphatic hydroxyl groups excluding tert-OH is 1. The van der Waals surface area contributed by atoms with Crippen LogP contribution >= 0.6 is 0 Å². The first-order valence-electron chi connectivity index (χ1n) is 6.72. The van der Waals surface area contributed by atoms with E-state index in [0.29, 0.717) is 18.8 Å². The van der Waals surface area contributed by atoms with Crippen LogP contribution in [0.3, 0.4) is 0 Å². The Kier molecular flexibility index (Phi) is 4.39. The van der Waals surface area contributed by atoms with Crippen molar-refractivity contribution in [2.45, 2.75) is 39.3 Å². The maximum atomic E-state index is 9.09. The predicted molar refractivity (Wildman–Crippen MR) is 76.6 cm³/mol. The average molecular weight is 275 g/mol. The maximum Gasteiger partial charge on any atom is 0.119 e. The van der Waals surface area contributed by atoms with Crippen molar-refractivity contribution in [1.29, 1.82) is 0 Å². The monoisotopic (exact) mass is 275 g/mol. The van der Waals surface area contributed by atoms with Crippen molar-refractivity contribution in [2.24, 2.45) is 0 Å². The molecule has 0 saturated carbocycles. The summed E-state index contributed by atoms with van der Waals surface area (Å²) in [5.41, 5.74) is 2.12. The number of aromatic nitrogens is 3. The molecule has 0 atom stereocenters. The van der Waals surface area contributed by atoms with Crippen LogP contribution in [-0.4, -0.2) is 26.7 Å². The molecule has 0 radical (unpaired) electrons. The highest BCUT2D eigenvalue weighted by Crippen LogP contribution is 2.24. The summed E-state index contributed by atoms with van der Waals surface area (Å²) in [6.45, 7) is 7.55. The summed E-state index contributed by atoms with van der Waals surface area (Å²) in [6, 6.07) is 8.14. The number of hydrogen-bond donors (Lipinski definition) is 1. The van der Waals surface area contributed by atoms with Gasteiger partial charge in [0.15, 0.2) is 0 Å². The average Bonchev–Trinajstić information content (AvgIpc) is 2.86. The molecule has 1 aromatic heterocycles. The van der Waals surface area contributed by atoms with Gasteiger partial charge in [-0.3, -0.25) is 0 Å². The molecule has 5 nitrogen and oxygen atoms in total. The van der Waals surface area contributed by atoms with Gasteiger partial charge in [0.25, 0.3) is 0 Å². The van der Waals surface area contributed by atoms with Gasteiger partial charge in [-0.25, -0.2) is 4.68 Å². The Balaban J connectivity index is 1.88. The van der Waals surface area contributed by atoms with Gasteiger partial charge in [0, 0.05) is 0 Å². The fourth-order valence-corrected chi connectivity index (χ4v) is 1.89. The molecule has 1 aromatic carbocycles. The summed E-state index contributed by atoms with van der Waals surface area (Å²) in [5, 5.41) is 16.7. The van der Waals surface area contributed by atoms with Gasteiger partial charge in [0.2, 0.25) is 0 Å². The summed E-state index contributed by atoms with van der Waals surface area (Å²) in [6.07, 6.45) is 1.55. The molecule has 2 rings (SSSR count). The number of nitrogens with zero attached hydrogens (tertiary/aromatic N) is 3. The Morgan fingerprint density at radius 1 is 1.20 bits per heavy atom. The molecule has 5 heteroatoms. The zero-order valence-electron chi connectivity index (χ0n) is 12.2. The second-order valence-electron chi connectivity index (χ2n) is 5.73. The first kappa shape index (κ1) is 14.5. The topological polar surface area (TPSA) is 60.2 Å². The summed E-state index contributed by atoms with van der Waals surface area (Å²) >= 11 is 0. The van der Waals surface area contributed by atoms with Crippen LogP contribution in [0.25, 0.3) is 0 Å². The maximum absolute atomic E-state index is 9.09. The van der Waals surface area contributed by atoms with E-state index in [-0.39, 0.29) is 12.0 Å². The minimum Gasteiger partial charge on any atom is -0.492 e. The number of rotatable bonds is 5. The number of ether oxygens (including phenoxy) is 1. The molecule has 0 amide bonds. The molecule has 0 bridgehead atoms. The van der Waals surface area contributed by atoms with Crippen molar-refractivity contribution in [3.63, 3.8) is 0 Å². The number of aliphatic hydroxyl groups is 1. The third kappa shape index (κ3) is 3.57. The van der Waals surface area contributed by atoms with Crippen molar-refractivity contribution >= 4 is 0 Å². The van der Waals surface area contributed by atoms with Gasteiger partial charge in [0.1, 0.15) is 12.4 Å². The molecule has 0 aliphatic heterocycles. The van der Waals surface area contributed by atoms with Crippen LogP contribution in [0, 0.1) is 0 Å². The van der Waals surface area contributed by atoms with Crippen LogP contribution in [0.1, 0.15) is 32.0 Å². The van der Waals surface area contributed by atoms with Crippen LogP contribution in [0.4, 0.5) is 0 Å². The lowest BCUT2D eigenvalue weighted by Crippen LogP contribution is -2.13. The molecule has 0 spiro atoms. The lowest BCUT2D eigenvalue weighted by Gasteiger charge is -2.19. The molecule has 0 unspecified atom stereocenters. The van der Waals surface area contributed by atoms with Gasteiger partial charge >= 0.3 is 0 Å². The Labute approximate surface area is 119 Å². The first-order valence-corrected chi connectivity index (χ1v) is 6.72. The molecule has 20 heavy (non-hydrogen) atoms. The summed E-state index contributed by atoms with van der Waals surface area (Å²) in [7, 11) is 0. The minimum absolute atomic E-state index is 0.0622. The third-order valence-electron chi connectivity index (χ3n) is 3.15. The van der Waals surface area contributed by atoms with E-state index in [0.717, 1.165) is 5.75 Å². The first-order chi connectivity index (χ1) is 9.50. The predicted octanol–water partition coefficient (Wildman–Crippen LogP) is 2.15. The largest absolute Gasteiger partial charge is 0.492 e. The van der Waals surface area contributed by atoms with Gasteiger partial charge in [-0.15, -0.1) is 5.10 Å². The Morgan fingerprint density at radius 2 is 1.90 bits per heavy atom. The SMILES string of the molecule is CC(C)(C)c1ccc(OCCn2nncc2CO)cc1. The third-order valence-corrected chi connectivity index (χ3v) is 3.15. The van der Waals surface area contributed by atoms with E-state index in [2.05, 4.69) is 43.2 Å². The smallest absolute Gasteiger partial charge is 0.119 e. The molecular formula is C15H21N3O2. The van der Waals surface area contributed by atoms with Gasteiger partial charge in [0.05, 0.1) is 25.0 Å². The highest BCUT2D eigenvalue weighted by atomic mass is 16.5. The zero-order valence-corrected chi connectivity index (χ0v) is 12.2. The fraction of sp³-hybridized carbons (Fsp3) is 0.467. The Bertz CT molecular complexity index is 541. The van der Waals surface area contributed by atoms with Crippen molar-refractivity contribution in [2.75, 3.05) is 6.61 Å². The van der Waals surface area contributed by atoms with Crippen LogP contribution < -0.4 is 4.74 Å². The fourth-order valence-electron chi connectivity index (χ4n) is 1.89. The van der Waals surface area contributed by atoms with E-state index in [1.54, 1.807) is 10.9 Å². The standard InChI is InChI=1S/C15H21N3O2/c1-15(2,3)12-4-6-14(7-5-12)20-9-8-18-13(11-19)10-16-17-18/h4-7,10,19H,8-9,11H2,1-3H3. The molecule has 0 fully saturated rings. The lowest BCUT2D eigenvalue weighted by molar-refractivity contribution is 0.252. The second-order valence-corrected chi connectivity index (χ2v) is 5.73. The van der Waals surface area contributed by atoms with E-state index in [9.17, 15) is 0 Å². The summed E-state index contributed by atoms with van der Waals surface area (Å²) in [4.78, 5) is 0. The van der Waals surface area contributed by atoms with Gasteiger partial charge < -0.3 is 9.84 Å². The number of hydrogen-bond acceptors (Lipinski definition) is 4. The molecular weight excluding hydrogens is 254 g/mol. The normalized spacial score (nSPS) is 11.6. The van der Waals surface area contributed by atoms with E-state index in [1.807, 2.05) is 12.1 Å². The van der Waals surface area contributed by atoms with Crippen molar-refractivity contribution < 1.29 is 9.84 Å². The molecule has 0 aliphatic carbocycles. The highest BCUT2D eigenvalue weighted by molar-refractivity contribution is 5.31. The van der Waals surface area contributed by atoms with Crippen LogP contribution in [0.5, 0.6) is 5.75 Å². The van der Waals surface area contributed by atoms with E-state index in [4.69, 9.17) is 9.84 Å². The Hall–Kier alpha value is -1.88. The molecule has 108 valence electrons. The van der Waals surface area contributed by atoms with Gasteiger partial charge in [-0.2, -0.15) is 0 Å². The van der Waals surface area contributed by atoms with Crippen LogP contribution in [-0.2, 0) is 18.6 Å². The molecule has 2 aromatic rings. The van der Waals surface area contributed by atoms with Crippen molar-refractivity contribution in [3.05, 3.63) is 41.7 Å². The number of benzene rings is 1. The quantitative estimate of drug-likeness (QED) is 0.908. The summed E-state index contributed by atoms with van der Waals surface area (Å²) < 4.78 is 7.32. The van der Waals surface area contributed by atoms with Gasteiger partial charge in [-0.05, 0) is 23.1 Å². The van der Waals surface area contributed by atoms with Crippen LogP contribution in [0.2, 0.25) is 0 Å².